The quantitative estimate of drug-likeness (QED) is 0.485. The Bertz CT molecular complexity index is 982. The summed E-state index contributed by atoms with van der Waals surface area (Å²) in [7, 11) is 0. The maximum absolute atomic E-state index is 12.4. The van der Waals surface area contributed by atoms with E-state index >= 15 is 0 Å². The molecule has 29 heavy (non-hydrogen) atoms. The first-order chi connectivity index (χ1) is 13.8. The van der Waals surface area contributed by atoms with Crippen LogP contribution in [0.3, 0.4) is 0 Å². The van der Waals surface area contributed by atoms with Crippen molar-refractivity contribution in [1.82, 2.24) is 0 Å². The van der Waals surface area contributed by atoms with Crippen LogP contribution >= 0.6 is 0 Å². The highest BCUT2D eigenvalue weighted by Gasteiger charge is 2.31. The average molecular weight is 400 g/mol. The molecule has 0 aliphatic carbocycles. The Hall–Kier alpha value is -3.28. The summed E-state index contributed by atoms with van der Waals surface area (Å²) in [6.07, 6.45) is -4.56. The molecular formula is C23H19F3O3. The number of ketones is 1. The molecule has 0 fully saturated rings. The normalized spacial score (nSPS) is 11.2. The fourth-order valence-electron chi connectivity index (χ4n) is 2.92. The van der Waals surface area contributed by atoms with E-state index < -0.39 is 6.36 Å². The fourth-order valence-corrected chi connectivity index (χ4v) is 2.92. The Morgan fingerprint density at radius 1 is 0.828 bits per heavy atom. The van der Waals surface area contributed by atoms with E-state index in [4.69, 9.17) is 4.74 Å². The van der Waals surface area contributed by atoms with E-state index in [1.807, 2.05) is 55.5 Å². The van der Waals surface area contributed by atoms with Gasteiger partial charge in [0.25, 0.3) is 0 Å². The molecule has 0 aliphatic heterocycles. The number of aryl methyl sites for hydroxylation is 1. The van der Waals surface area contributed by atoms with Crippen LogP contribution < -0.4 is 9.47 Å². The molecule has 0 heterocycles. The Kier molecular flexibility index (Phi) is 6.22. The van der Waals surface area contributed by atoms with Crippen molar-refractivity contribution in [2.24, 2.45) is 0 Å². The Balaban J connectivity index is 1.62. The number of halogens is 3. The molecule has 0 radical (unpaired) electrons. The summed E-state index contributed by atoms with van der Waals surface area (Å²) < 4.78 is 46.7. The van der Waals surface area contributed by atoms with Crippen LogP contribution in [-0.4, -0.2) is 12.1 Å². The van der Waals surface area contributed by atoms with Gasteiger partial charge in [-0.25, -0.2) is 0 Å². The predicted octanol–water partition coefficient (Wildman–Crippen LogP) is 6.04. The molecule has 0 atom stereocenters. The minimum Gasteiger partial charge on any atom is -0.457 e. The maximum Gasteiger partial charge on any atom is 0.573 e. The number of Topliss-reactive ketones (excluding diaryl/α,β-unsaturated/α-hetero) is 1. The summed E-state index contributed by atoms with van der Waals surface area (Å²) in [5, 5.41) is 0. The second-order valence-electron chi connectivity index (χ2n) is 6.60. The van der Waals surface area contributed by atoms with E-state index in [1.54, 1.807) is 6.07 Å². The monoisotopic (exact) mass is 400 g/mol. The van der Waals surface area contributed by atoms with Crippen LogP contribution in [0.5, 0.6) is 17.2 Å². The summed E-state index contributed by atoms with van der Waals surface area (Å²) in [5.41, 5.74) is 2.17. The zero-order chi connectivity index (χ0) is 20.9. The highest BCUT2D eigenvalue weighted by molar-refractivity contribution is 5.83. The molecule has 0 unspecified atom stereocenters. The first-order valence-corrected chi connectivity index (χ1v) is 8.97. The predicted molar refractivity (Wildman–Crippen MR) is 103 cm³/mol. The standard InChI is InChI=1S/C23H19F3O3/c1-16-12-18(10-11-22(16)28-20-7-3-2-4-8-20)14-19(27)13-17-6-5-9-21(15-17)29-23(24,25)26/h2-12,15H,13-14H2,1H3. The third-order valence-electron chi connectivity index (χ3n) is 4.14. The van der Waals surface area contributed by atoms with Gasteiger partial charge in [-0.15, -0.1) is 13.2 Å². The zero-order valence-electron chi connectivity index (χ0n) is 15.7. The van der Waals surface area contributed by atoms with Crippen LogP contribution in [0.15, 0.2) is 72.8 Å². The second kappa shape index (κ2) is 8.82. The number of carbonyl (C=O) groups is 1. The molecule has 150 valence electrons. The molecule has 0 spiro atoms. The van der Waals surface area contributed by atoms with Crippen LogP contribution in [-0.2, 0) is 17.6 Å². The number of alkyl halides is 3. The smallest absolute Gasteiger partial charge is 0.457 e. The average Bonchev–Trinajstić information content (AvgIpc) is 2.63. The number of benzene rings is 3. The van der Waals surface area contributed by atoms with Gasteiger partial charge in [-0.3, -0.25) is 4.79 Å². The number of para-hydroxylation sites is 1. The van der Waals surface area contributed by atoms with Crippen molar-refractivity contribution < 1.29 is 27.4 Å². The van der Waals surface area contributed by atoms with Crippen molar-refractivity contribution in [3.63, 3.8) is 0 Å². The van der Waals surface area contributed by atoms with Crippen LogP contribution in [0.1, 0.15) is 16.7 Å². The van der Waals surface area contributed by atoms with Gasteiger partial charge in [0.2, 0.25) is 0 Å². The highest BCUT2D eigenvalue weighted by atomic mass is 19.4. The number of rotatable bonds is 7. The van der Waals surface area contributed by atoms with E-state index in [2.05, 4.69) is 4.74 Å². The molecule has 0 N–H and O–H groups in total. The third kappa shape index (κ3) is 6.38. The van der Waals surface area contributed by atoms with Gasteiger partial charge in [0.05, 0.1) is 0 Å². The number of hydrogen-bond acceptors (Lipinski definition) is 3. The van der Waals surface area contributed by atoms with E-state index in [9.17, 15) is 18.0 Å². The Labute approximate surface area is 166 Å². The van der Waals surface area contributed by atoms with Crippen molar-refractivity contribution in [3.8, 4) is 17.2 Å². The topological polar surface area (TPSA) is 35.5 Å². The lowest BCUT2D eigenvalue weighted by molar-refractivity contribution is -0.274. The van der Waals surface area contributed by atoms with Crippen molar-refractivity contribution >= 4 is 5.78 Å². The first kappa shape index (κ1) is 20.5. The van der Waals surface area contributed by atoms with Gasteiger partial charge in [0, 0.05) is 12.8 Å². The minimum absolute atomic E-state index is 0.0242. The summed E-state index contributed by atoms with van der Waals surface area (Å²) >= 11 is 0. The molecule has 0 saturated heterocycles. The van der Waals surface area contributed by atoms with Crippen LogP contribution in [0, 0.1) is 6.92 Å². The highest BCUT2D eigenvalue weighted by Crippen LogP contribution is 2.26. The molecular weight excluding hydrogens is 381 g/mol. The SMILES string of the molecule is Cc1cc(CC(=O)Cc2cccc(OC(F)(F)F)c2)ccc1Oc1ccccc1. The lowest BCUT2D eigenvalue weighted by Crippen LogP contribution is -2.17. The van der Waals surface area contributed by atoms with Gasteiger partial charge in [0.1, 0.15) is 23.0 Å². The van der Waals surface area contributed by atoms with Gasteiger partial charge in [-0.05, 0) is 53.9 Å². The molecule has 0 saturated carbocycles. The zero-order valence-corrected chi connectivity index (χ0v) is 15.7. The third-order valence-corrected chi connectivity index (χ3v) is 4.14. The van der Waals surface area contributed by atoms with Gasteiger partial charge in [-0.2, -0.15) is 0 Å². The number of hydrogen-bond donors (Lipinski definition) is 0. The second-order valence-corrected chi connectivity index (χ2v) is 6.60. The summed E-state index contributed by atoms with van der Waals surface area (Å²) in [6, 6.07) is 20.3. The van der Waals surface area contributed by atoms with Crippen LogP contribution in [0.2, 0.25) is 0 Å². The van der Waals surface area contributed by atoms with Crippen molar-refractivity contribution in [1.29, 1.82) is 0 Å². The molecule has 0 aliphatic rings. The van der Waals surface area contributed by atoms with Gasteiger partial charge < -0.3 is 9.47 Å². The lowest BCUT2D eigenvalue weighted by atomic mass is 10.0. The molecule has 3 aromatic carbocycles. The van der Waals surface area contributed by atoms with Gasteiger partial charge >= 0.3 is 6.36 Å². The molecule has 0 aromatic heterocycles. The number of ether oxygens (including phenoxy) is 2. The van der Waals surface area contributed by atoms with Crippen LogP contribution in [0.25, 0.3) is 0 Å². The molecule has 0 bridgehead atoms. The summed E-state index contributed by atoms with van der Waals surface area (Å²) in [6.45, 7) is 1.89. The molecule has 3 aromatic rings. The Morgan fingerprint density at radius 2 is 1.48 bits per heavy atom. The maximum atomic E-state index is 12.4. The molecule has 3 nitrogen and oxygen atoms in total. The van der Waals surface area contributed by atoms with E-state index in [0.29, 0.717) is 11.3 Å². The van der Waals surface area contributed by atoms with Crippen molar-refractivity contribution in [2.75, 3.05) is 0 Å². The molecule has 6 heteroatoms. The van der Waals surface area contributed by atoms with Gasteiger partial charge in [-0.1, -0.05) is 42.5 Å². The summed E-state index contributed by atoms with van der Waals surface area (Å²) in [5.74, 6) is 0.983. The lowest BCUT2D eigenvalue weighted by Gasteiger charge is -2.11. The van der Waals surface area contributed by atoms with E-state index in [0.717, 1.165) is 16.9 Å². The van der Waals surface area contributed by atoms with E-state index in [-0.39, 0.29) is 24.4 Å². The summed E-state index contributed by atoms with van der Waals surface area (Å²) in [4.78, 5) is 12.4. The molecule has 0 amide bonds. The van der Waals surface area contributed by atoms with Crippen LogP contribution in [0.4, 0.5) is 13.2 Å². The number of carbonyl (C=O) groups excluding carboxylic acids is 1. The largest absolute Gasteiger partial charge is 0.573 e. The van der Waals surface area contributed by atoms with Gasteiger partial charge in [0.15, 0.2) is 0 Å². The first-order valence-electron chi connectivity index (χ1n) is 8.97. The van der Waals surface area contributed by atoms with E-state index in [1.165, 1.54) is 18.2 Å². The molecule has 3 rings (SSSR count). The van der Waals surface area contributed by atoms with Crippen molar-refractivity contribution in [2.45, 2.75) is 26.1 Å². The van der Waals surface area contributed by atoms with Crippen molar-refractivity contribution in [3.05, 3.63) is 89.5 Å². The fraction of sp³-hybridized carbons (Fsp3) is 0.174. The Morgan fingerprint density at radius 3 is 2.14 bits per heavy atom. The minimum atomic E-state index is -4.76.